The zero-order valence-corrected chi connectivity index (χ0v) is 9.23. The van der Waals surface area contributed by atoms with E-state index in [9.17, 15) is 4.79 Å². The molecule has 0 saturated heterocycles. The number of aryl methyl sites for hydroxylation is 1. The third kappa shape index (κ3) is 2.63. The zero-order chi connectivity index (χ0) is 10.6. The van der Waals surface area contributed by atoms with Gasteiger partial charge in [0.2, 0.25) is 0 Å². The molecule has 0 unspecified atom stereocenters. The van der Waals surface area contributed by atoms with E-state index in [2.05, 4.69) is 0 Å². The highest BCUT2D eigenvalue weighted by Gasteiger charge is 2.09. The molecule has 0 atom stereocenters. The van der Waals surface area contributed by atoms with Crippen molar-refractivity contribution in [3.63, 3.8) is 0 Å². The Balaban J connectivity index is 3.10. The maximum atomic E-state index is 11.1. The van der Waals surface area contributed by atoms with Gasteiger partial charge in [0.05, 0.1) is 7.11 Å². The molecule has 0 aliphatic carbocycles. The minimum Gasteiger partial charge on any atom is -0.497 e. The molecule has 2 nitrogen and oxygen atoms in total. The van der Waals surface area contributed by atoms with Crippen LogP contribution in [0, 0.1) is 0 Å². The highest BCUT2D eigenvalue weighted by molar-refractivity contribution is 6.68. The van der Waals surface area contributed by atoms with Gasteiger partial charge >= 0.3 is 0 Å². The number of alkyl halides is 1. The maximum Gasteiger partial charge on any atom is 0.252 e. The van der Waals surface area contributed by atoms with Crippen LogP contribution in [0.5, 0.6) is 5.75 Å². The van der Waals surface area contributed by atoms with E-state index in [4.69, 9.17) is 27.9 Å². The van der Waals surface area contributed by atoms with Gasteiger partial charge in [0.25, 0.3) is 5.24 Å². The Hall–Kier alpha value is -0.730. The van der Waals surface area contributed by atoms with Gasteiger partial charge in [-0.3, -0.25) is 4.79 Å². The molecule has 1 aromatic carbocycles. The lowest BCUT2D eigenvalue weighted by Gasteiger charge is -2.06. The van der Waals surface area contributed by atoms with Crippen LogP contribution in [-0.2, 0) is 6.42 Å². The molecule has 76 valence electrons. The quantitative estimate of drug-likeness (QED) is 0.590. The van der Waals surface area contributed by atoms with E-state index in [-0.39, 0.29) is 0 Å². The molecule has 0 N–H and O–H groups in total. The number of halogens is 2. The average molecular weight is 233 g/mol. The minimum absolute atomic E-state index is 0.462. The van der Waals surface area contributed by atoms with Gasteiger partial charge in [-0.15, -0.1) is 11.6 Å². The Kier molecular flexibility index (Phi) is 4.23. The normalized spacial score (nSPS) is 9.93. The Morgan fingerprint density at radius 3 is 2.71 bits per heavy atom. The summed E-state index contributed by atoms with van der Waals surface area (Å²) in [6, 6.07) is 5.21. The van der Waals surface area contributed by atoms with Gasteiger partial charge < -0.3 is 4.74 Å². The van der Waals surface area contributed by atoms with Crippen LogP contribution in [0.4, 0.5) is 0 Å². The smallest absolute Gasteiger partial charge is 0.252 e. The fourth-order valence-electron chi connectivity index (χ4n) is 1.19. The molecule has 0 bridgehead atoms. The number of carbonyl (C=O) groups excluding carboxylic acids is 1. The molecule has 4 heteroatoms. The molecule has 0 amide bonds. The van der Waals surface area contributed by atoms with Crippen LogP contribution in [0.1, 0.15) is 15.9 Å². The van der Waals surface area contributed by atoms with Gasteiger partial charge in [0.1, 0.15) is 5.75 Å². The lowest BCUT2D eigenvalue weighted by atomic mass is 10.1. The van der Waals surface area contributed by atoms with Gasteiger partial charge in [-0.1, -0.05) is 6.07 Å². The lowest BCUT2D eigenvalue weighted by molar-refractivity contribution is 0.108. The first-order chi connectivity index (χ1) is 6.69. The van der Waals surface area contributed by atoms with Crippen molar-refractivity contribution in [2.24, 2.45) is 0 Å². The Labute approximate surface area is 92.8 Å². The summed E-state index contributed by atoms with van der Waals surface area (Å²) in [5.41, 5.74) is 1.31. The standard InChI is InChI=1S/C10H10Cl2O2/c1-14-8-3-2-7(4-5-11)9(6-8)10(12)13/h2-3,6H,4-5H2,1H3. The summed E-state index contributed by atoms with van der Waals surface area (Å²) >= 11 is 11.0. The van der Waals surface area contributed by atoms with Crippen LogP contribution < -0.4 is 4.74 Å². The van der Waals surface area contributed by atoms with E-state index < -0.39 is 5.24 Å². The molecule has 0 fully saturated rings. The number of hydrogen-bond acceptors (Lipinski definition) is 2. The Morgan fingerprint density at radius 2 is 2.21 bits per heavy atom. The number of benzene rings is 1. The molecule has 1 rings (SSSR count). The third-order valence-electron chi connectivity index (χ3n) is 1.89. The first kappa shape index (κ1) is 11.3. The SMILES string of the molecule is COc1ccc(CCCl)c(C(=O)Cl)c1. The second kappa shape index (κ2) is 5.23. The van der Waals surface area contributed by atoms with Crippen molar-refractivity contribution in [1.29, 1.82) is 0 Å². The van der Waals surface area contributed by atoms with Crippen molar-refractivity contribution in [3.05, 3.63) is 29.3 Å². The molecule has 14 heavy (non-hydrogen) atoms. The van der Waals surface area contributed by atoms with Crippen LogP contribution in [0.15, 0.2) is 18.2 Å². The van der Waals surface area contributed by atoms with Crippen molar-refractivity contribution in [2.45, 2.75) is 6.42 Å². The van der Waals surface area contributed by atoms with E-state index >= 15 is 0 Å². The summed E-state index contributed by atoms with van der Waals surface area (Å²) in [5.74, 6) is 1.08. The monoisotopic (exact) mass is 232 g/mol. The molecule has 1 aromatic rings. The van der Waals surface area contributed by atoms with Crippen molar-refractivity contribution in [2.75, 3.05) is 13.0 Å². The summed E-state index contributed by atoms with van der Waals surface area (Å²) in [6.45, 7) is 0. The molecule has 0 aliphatic rings. The predicted molar refractivity (Wildman–Crippen MR) is 57.6 cm³/mol. The fourth-order valence-corrected chi connectivity index (χ4v) is 1.56. The van der Waals surface area contributed by atoms with Crippen molar-refractivity contribution in [3.8, 4) is 5.75 Å². The van der Waals surface area contributed by atoms with E-state index in [1.165, 1.54) is 0 Å². The highest BCUT2D eigenvalue weighted by atomic mass is 35.5. The second-order valence-corrected chi connectivity index (χ2v) is 3.46. The molecule has 0 saturated carbocycles. The van der Waals surface area contributed by atoms with Gasteiger partial charge in [-0.25, -0.2) is 0 Å². The lowest BCUT2D eigenvalue weighted by Crippen LogP contribution is -1.99. The van der Waals surface area contributed by atoms with Crippen molar-refractivity contribution < 1.29 is 9.53 Å². The summed E-state index contributed by atoms with van der Waals surface area (Å²) < 4.78 is 4.99. The predicted octanol–water partition coefficient (Wildman–Crippen LogP) is 2.86. The number of methoxy groups -OCH3 is 1. The van der Waals surface area contributed by atoms with Gasteiger partial charge in [-0.05, 0) is 35.7 Å². The molecule has 0 spiro atoms. The first-order valence-electron chi connectivity index (χ1n) is 4.11. The zero-order valence-electron chi connectivity index (χ0n) is 7.72. The summed E-state index contributed by atoms with van der Waals surface area (Å²) in [5, 5.41) is -0.482. The van der Waals surface area contributed by atoms with E-state index in [0.29, 0.717) is 23.6 Å². The number of hydrogen-bond donors (Lipinski definition) is 0. The molecule has 0 aromatic heterocycles. The molecular formula is C10H10Cl2O2. The van der Waals surface area contributed by atoms with Gasteiger partial charge in [0, 0.05) is 11.4 Å². The van der Waals surface area contributed by atoms with Crippen molar-refractivity contribution >= 4 is 28.4 Å². The van der Waals surface area contributed by atoms with E-state index in [1.807, 2.05) is 0 Å². The molecule has 0 aliphatic heterocycles. The second-order valence-electron chi connectivity index (χ2n) is 2.74. The fraction of sp³-hybridized carbons (Fsp3) is 0.300. The van der Waals surface area contributed by atoms with E-state index in [0.717, 1.165) is 5.56 Å². The number of rotatable bonds is 4. The molecule has 0 heterocycles. The largest absolute Gasteiger partial charge is 0.497 e. The van der Waals surface area contributed by atoms with E-state index in [1.54, 1.807) is 25.3 Å². The topological polar surface area (TPSA) is 26.3 Å². The number of carbonyl (C=O) groups is 1. The van der Waals surface area contributed by atoms with Crippen molar-refractivity contribution in [1.82, 2.24) is 0 Å². The summed E-state index contributed by atoms with van der Waals surface area (Å²) in [6.07, 6.45) is 0.624. The maximum absolute atomic E-state index is 11.1. The first-order valence-corrected chi connectivity index (χ1v) is 5.03. The number of ether oxygens (including phenoxy) is 1. The van der Waals surface area contributed by atoms with Crippen LogP contribution in [0.3, 0.4) is 0 Å². The van der Waals surface area contributed by atoms with Crippen LogP contribution in [-0.4, -0.2) is 18.2 Å². The highest BCUT2D eigenvalue weighted by Crippen LogP contribution is 2.20. The third-order valence-corrected chi connectivity index (χ3v) is 2.29. The average Bonchev–Trinajstić information content (AvgIpc) is 2.18. The van der Waals surface area contributed by atoms with Crippen LogP contribution >= 0.6 is 23.2 Å². The van der Waals surface area contributed by atoms with Crippen LogP contribution in [0.25, 0.3) is 0 Å². The Morgan fingerprint density at radius 1 is 1.50 bits per heavy atom. The summed E-state index contributed by atoms with van der Waals surface area (Å²) in [4.78, 5) is 11.1. The molecular weight excluding hydrogens is 223 g/mol. The molecule has 0 radical (unpaired) electrons. The Bertz CT molecular complexity index is 337. The minimum atomic E-state index is -0.482. The van der Waals surface area contributed by atoms with Crippen LogP contribution in [0.2, 0.25) is 0 Å². The summed E-state index contributed by atoms with van der Waals surface area (Å²) in [7, 11) is 1.54. The van der Waals surface area contributed by atoms with Gasteiger partial charge in [-0.2, -0.15) is 0 Å². The van der Waals surface area contributed by atoms with Gasteiger partial charge in [0.15, 0.2) is 0 Å².